The third-order valence-corrected chi connectivity index (χ3v) is 3.20. The third kappa shape index (κ3) is 4.72. The molecular weight excluding hydrogens is 268 g/mol. The summed E-state index contributed by atoms with van der Waals surface area (Å²) in [5, 5.41) is 3.59. The molecule has 2 rings (SSSR count). The Morgan fingerprint density at radius 1 is 1.38 bits per heavy atom. The summed E-state index contributed by atoms with van der Waals surface area (Å²) in [5.74, 6) is 0. The average Bonchev–Trinajstić information content (AvgIpc) is 2.52. The van der Waals surface area contributed by atoms with Crippen LogP contribution in [-0.2, 0) is 16.1 Å². The molecule has 1 unspecified atom stereocenters. The maximum atomic E-state index is 11.5. The van der Waals surface area contributed by atoms with Crippen molar-refractivity contribution in [2.75, 3.05) is 6.73 Å². The maximum Gasteiger partial charge on any atom is 0.409 e. The number of hydrogen-bond acceptors (Lipinski definition) is 4. The number of hydrogen-bond donors (Lipinski definition) is 1. The monoisotopic (exact) mass is 288 g/mol. The highest BCUT2D eigenvalue weighted by atomic mass is 16.6. The van der Waals surface area contributed by atoms with Gasteiger partial charge in [-0.25, -0.2) is 4.79 Å². The van der Waals surface area contributed by atoms with Gasteiger partial charge in [0.1, 0.15) is 13.3 Å². The summed E-state index contributed by atoms with van der Waals surface area (Å²) >= 11 is 0. The fourth-order valence-corrected chi connectivity index (χ4v) is 1.78. The van der Waals surface area contributed by atoms with Crippen molar-refractivity contribution in [3.05, 3.63) is 42.1 Å². The predicted octanol–water partition coefficient (Wildman–Crippen LogP) is 3.23. The van der Waals surface area contributed by atoms with Crippen molar-refractivity contribution < 1.29 is 14.3 Å². The van der Waals surface area contributed by atoms with E-state index in [4.69, 9.17) is 9.47 Å². The van der Waals surface area contributed by atoms with Crippen molar-refractivity contribution in [1.29, 1.82) is 0 Å². The van der Waals surface area contributed by atoms with Crippen LogP contribution in [0.1, 0.15) is 25.8 Å². The van der Waals surface area contributed by atoms with Crippen LogP contribution in [0.2, 0.25) is 0 Å². The van der Waals surface area contributed by atoms with E-state index in [-0.39, 0.29) is 19.4 Å². The first-order valence-electron chi connectivity index (χ1n) is 7.05. The van der Waals surface area contributed by atoms with Gasteiger partial charge >= 0.3 is 6.09 Å². The van der Waals surface area contributed by atoms with Crippen LogP contribution in [-0.4, -0.2) is 23.9 Å². The van der Waals surface area contributed by atoms with Crippen molar-refractivity contribution in [3.8, 4) is 0 Å². The zero-order valence-corrected chi connectivity index (χ0v) is 12.3. The van der Waals surface area contributed by atoms with Crippen molar-refractivity contribution in [2.24, 2.45) is 0 Å². The van der Waals surface area contributed by atoms with Crippen LogP contribution < -0.4 is 5.32 Å². The summed E-state index contributed by atoms with van der Waals surface area (Å²) in [7, 11) is 0. The smallest absolute Gasteiger partial charge is 0.409 e. The van der Waals surface area contributed by atoms with Gasteiger partial charge in [0.05, 0.1) is 11.6 Å². The van der Waals surface area contributed by atoms with E-state index in [0.717, 1.165) is 22.9 Å². The van der Waals surface area contributed by atoms with Crippen LogP contribution >= 0.6 is 0 Å². The van der Waals surface area contributed by atoms with Gasteiger partial charge in [0, 0.05) is 11.6 Å². The Morgan fingerprint density at radius 2 is 2.24 bits per heavy atom. The lowest BCUT2D eigenvalue weighted by molar-refractivity contribution is 0.0450. The highest BCUT2D eigenvalue weighted by Gasteiger charge is 2.04. The minimum atomic E-state index is -0.482. The first-order valence-corrected chi connectivity index (χ1v) is 7.05. The molecule has 1 heterocycles. The second-order valence-corrected chi connectivity index (χ2v) is 4.81. The molecule has 5 heteroatoms. The first kappa shape index (κ1) is 15.3. The Bertz CT molecular complexity index is 601. The maximum absolute atomic E-state index is 11.5. The van der Waals surface area contributed by atoms with E-state index in [1.165, 1.54) is 0 Å². The molecular formula is C16H20N2O3. The molecule has 0 aliphatic heterocycles. The summed E-state index contributed by atoms with van der Waals surface area (Å²) in [4.78, 5) is 15.8. The second-order valence-electron chi connectivity index (χ2n) is 4.81. The second kappa shape index (κ2) is 7.59. The van der Waals surface area contributed by atoms with E-state index in [1.807, 2.05) is 44.2 Å². The van der Waals surface area contributed by atoms with E-state index in [2.05, 4.69) is 10.3 Å². The van der Waals surface area contributed by atoms with Crippen LogP contribution in [0.25, 0.3) is 10.9 Å². The van der Waals surface area contributed by atoms with E-state index >= 15 is 0 Å². The van der Waals surface area contributed by atoms with Gasteiger partial charge in [0.15, 0.2) is 0 Å². The number of ether oxygens (including phenoxy) is 2. The zero-order valence-electron chi connectivity index (χ0n) is 12.3. The lowest BCUT2D eigenvalue weighted by Gasteiger charge is -2.11. The number of carbonyl (C=O) groups is 1. The third-order valence-electron chi connectivity index (χ3n) is 3.20. The standard InChI is InChI=1S/C16H20N2O3/c1-3-12(2)21-11-18-16(19)20-10-13-6-7-15-14(9-13)5-4-8-17-15/h4-9,12H,3,10-11H2,1-2H3,(H,18,19). The average molecular weight is 288 g/mol. The molecule has 1 amide bonds. The van der Waals surface area contributed by atoms with E-state index in [9.17, 15) is 4.79 Å². The van der Waals surface area contributed by atoms with Crippen molar-refractivity contribution in [3.63, 3.8) is 0 Å². The highest BCUT2D eigenvalue weighted by Crippen LogP contribution is 2.13. The van der Waals surface area contributed by atoms with Gasteiger partial charge < -0.3 is 9.47 Å². The lowest BCUT2D eigenvalue weighted by atomic mass is 10.1. The number of alkyl carbamates (subject to hydrolysis) is 1. The number of benzene rings is 1. The normalized spacial score (nSPS) is 12.1. The molecule has 1 aromatic heterocycles. The van der Waals surface area contributed by atoms with Gasteiger partial charge in [0.25, 0.3) is 0 Å². The van der Waals surface area contributed by atoms with Gasteiger partial charge in [-0.05, 0) is 37.1 Å². The van der Waals surface area contributed by atoms with Gasteiger partial charge in [-0.15, -0.1) is 0 Å². The lowest BCUT2D eigenvalue weighted by Crippen LogP contribution is -2.28. The molecule has 1 aromatic carbocycles. The number of aromatic nitrogens is 1. The number of fused-ring (bicyclic) bond motifs is 1. The molecule has 112 valence electrons. The Hall–Kier alpha value is -2.14. The molecule has 0 saturated carbocycles. The highest BCUT2D eigenvalue weighted by molar-refractivity contribution is 5.79. The van der Waals surface area contributed by atoms with Gasteiger partial charge in [-0.3, -0.25) is 10.3 Å². The molecule has 5 nitrogen and oxygen atoms in total. The molecule has 21 heavy (non-hydrogen) atoms. The van der Waals surface area contributed by atoms with E-state index in [0.29, 0.717) is 0 Å². The molecule has 0 radical (unpaired) electrons. The molecule has 0 aliphatic carbocycles. The first-order chi connectivity index (χ1) is 10.2. The minimum absolute atomic E-state index is 0.123. The molecule has 1 atom stereocenters. The topological polar surface area (TPSA) is 60.5 Å². The SMILES string of the molecule is CCC(C)OCNC(=O)OCc1ccc2ncccc2c1. The summed E-state index contributed by atoms with van der Waals surface area (Å²) in [6.07, 6.45) is 2.30. The molecule has 0 bridgehead atoms. The van der Waals surface area contributed by atoms with Gasteiger partial charge in [-0.2, -0.15) is 0 Å². The van der Waals surface area contributed by atoms with Crippen LogP contribution in [0.5, 0.6) is 0 Å². The van der Waals surface area contributed by atoms with Crippen molar-refractivity contribution >= 4 is 17.0 Å². The number of rotatable bonds is 6. The van der Waals surface area contributed by atoms with Crippen molar-refractivity contribution in [2.45, 2.75) is 33.0 Å². The summed E-state index contributed by atoms with van der Waals surface area (Å²) in [6, 6.07) is 9.64. The largest absolute Gasteiger partial charge is 0.445 e. The van der Waals surface area contributed by atoms with Crippen LogP contribution in [0.4, 0.5) is 4.79 Å². The van der Waals surface area contributed by atoms with Crippen LogP contribution in [0, 0.1) is 0 Å². The molecule has 0 aliphatic rings. The number of amides is 1. The minimum Gasteiger partial charge on any atom is -0.445 e. The summed E-state index contributed by atoms with van der Waals surface area (Å²) in [6.45, 7) is 4.36. The van der Waals surface area contributed by atoms with E-state index in [1.54, 1.807) is 6.20 Å². The Balaban J connectivity index is 1.80. The fourth-order valence-electron chi connectivity index (χ4n) is 1.78. The molecule has 0 fully saturated rings. The van der Waals surface area contributed by atoms with Crippen molar-refractivity contribution in [1.82, 2.24) is 10.3 Å². The molecule has 0 spiro atoms. The summed E-state index contributed by atoms with van der Waals surface area (Å²) < 4.78 is 10.5. The number of carbonyl (C=O) groups excluding carboxylic acids is 1. The Labute approximate surface area is 124 Å². The number of pyridine rings is 1. The Morgan fingerprint density at radius 3 is 3.05 bits per heavy atom. The number of nitrogens with zero attached hydrogens (tertiary/aromatic N) is 1. The fraction of sp³-hybridized carbons (Fsp3) is 0.375. The van der Waals surface area contributed by atoms with Gasteiger partial charge in [-0.1, -0.05) is 19.1 Å². The van der Waals surface area contributed by atoms with Crippen LogP contribution in [0.15, 0.2) is 36.5 Å². The van der Waals surface area contributed by atoms with Gasteiger partial charge in [0.2, 0.25) is 0 Å². The zero-order chi connectivity index (χ0) is 15.1. The Kier molecular flexibility index (Phi) is 5.51. The molecule has 1 N–H and O–H groups in total. The predicted molar refractivity (Wildman–Crippen MR) is 80.8 cm³/mol. The van der Waals surface area contributed by atoms with E-state index < -0.39 is 6.09 Å². The molecule has 0 saturated heterocycles. The summed E-state index contributed by atoms with van der Waals surface area (Å²) in [5.41, 5.74) is 1.85. The van der Waals surface area contributed by atoms with Crippen LogP contribution in [0.3, 0.4) is 0 Å². The molecule has 2 aromatic rings. The quantitative estimate of drug-likeness (QED) is 0.829. The number of nitrogens with one attached hydrogen (secondary N) is 1.